The number of hydrogen-bond donors (Lipinski definition) is 1. The van der Waals surface area contributed by atoms with Gasteiger partial charge in [0.15, 0.2) is 11.5 Å². The summed E-state index contributed by atoms with van der Waals surface area (Å²) in [5, 5.41) is 7.11. The van der Waals surface area contributed by atoms with Crippen molar-refractivity contribution in [2.45, 2.75) is 26.0 Å². The van der Waals surface area contributed by atoms with E-state index in [0.29, 0.717) is 28.7 Å². The van der Waals surface area contributed by atoms with Gasteiger partial charge in [0.05, 0.1) is 12.1 Å². The third kappa shape index (κ3) is 5.23. The lowest BCUT2D eigenvalue weighted by Crippen LogP contribution is -2.34. The first-order valence-corrected chi connectivity index (χ1v) is 9.04. The molecule has 8 heteroatoms. The Morgan fingerprint density at radius 3 is 2.89 bits per heavy atom. The van der Waals surface area contributed by atoms with E-state index in [-0.39, 0.29) is 24.2 Å². The molecule has 2 aromatic heterocycles. The summed E-state index contributed by atoms with van der Waals surface area (Å²) in [4.78, 5) is 16.4. The van der Waals surface area contributed by atoms with Crippen LogP contribution in [0.3, 0.4) is 0 Å². The summed E-state index contributed by atoms with van der Waals surface area (Å²) >= 11 is 6.13. The molecular weight excluding hydrogens is 382 g/mol. The van der Waals surface area contributed by atoms with Crippen LogP contribution in [0, 0.1) is 0 Å². The van der Waals surface area contributed by atoms with E-state index in [1.165, 1.54) is 0 Å². The number of nitrogens with zero attached hydrogens (tertiary/aromatic N) is 2. The Bertz CT molecular complexity index is 930. The molecule has 1 aromatic carbocycles. The van der Waals surface area contributed by atoms with Gasteiger partial charge in [0.2, 0.25) is 0 Å². The molecule has 3 rings (SSSR count). The van der Waals surface area contributed by atoms with E-state index in [1.54, 1.807) is 43.8 Å². The second-order valence-electron chi connectivity index (χ2n) is 6.20. The molecule has 2 heterocycles. The number of carbonyl (C=O) groups excluding carboxylic acids is 1. The number of rotatable bonds is 8. The number of amides is 1. The smallest absolute Gasteiger partial charge is 0.273 e. The van der Waals surface area contributed by atoms with Crippen LogP contribution < -0.4 is 14.8 Å². The molecule has 0 fully saturated rings. The summed E-state index contributed by atoms with van der Waals surface area (Å²) in [6.07, 6.45) is 4.16. The SMILES string of the molecule is COc1ccc(OCc2cc(C(=O)N[C@@H](C)Cc3cccnc3)no2)c(Cl)c1. The van der Waals surface area contributed by atoms with Crippen molar-refractivity contribution in [1.29, 1.82) is 0 Å². The van der Waals surface area contributed by atoms with E-state index in [2.05, 4.69) is 15.5 Å². The fourth-order valence-electron chi connectivity index (χ4n) is 2.58. The van der Waals surface area contributed by atoms with Crippen molar-refractivity contribution < 1.29 is 18.8 Å². The maximum absolute atomic E-state index is 12.3. The van der Waals surface area contributed by atoms with Gasteiger partial charge in [-0.1, -0.05) is 22.8 Å². The predicted octanol–water partition coefficient (Wildman–Crippen LogP) is 3.67. The number of pyridine rings is 1. The van der Waals surface area contributed by atoms with Crippen molar-refractivity contribution in [2.24, 2.45) is 0 Å². The summed E-state index contributed by atoms with van der Waals surface area (Å²) in [6, 6.07) is 10.4. The van der Waals surface area contributed by atoms with Gasteiger partial charge >= 0.3 is 0 Å². The average Bonchev–Trinajstić information content (AvgIpc) is 3.17. The minimum absolute atomic E-state index is 0.0776. The minimum atomic E-state index is -0.311. The van der Waals surface area contributed by atoms with Crippen LogP contribution in [0.2, 0.25) is 5.02 Å². The van der Waals surface area contributed by atoms with E-state index >= 15 is 0 Å². The number of benzene rings is 1. The molecule has 0 saturated carbocycles. The summed E-state index contributed by atoms with van der Waals surface area (Å²) in [5.41, 5.74) is 1.23. The average molecular weight is 402 g/mol. The Labute approximate surface area is 167 Å². The normalized spacial score (nSPS) is 11.7. The zero-order valence-corrected chi connectivity index (χ0v) is 16.3. The van der Waals surface area contributed by atoms with Crippen LogP contribution in [-0.4, -0.2) is 29.2 Å². The highest BCUT2D eigenvalue weighted by Gasteiger charge is 2.16. The number of halogens is 1. The van der Waals surface area contributed by atoms with Gasteiger partial charge in [0.25, 0.3) is 5.91 Å². The third-order valence-electron chi connectivity index (χ3n) is 3.94. The highest BCUT2D eigenvalue weighted by Crippen LogP contribution is 2.29. The van der Waals surface area contributed by atoms with E-state index in [0.717, 1.165) is 5.56 Å². The Morgan fingerprint density at radius 2 is 2.18 bits per heavy atom. The fraction of sp³-hybridized carbons (Fsp3) is 0.250. The van der Waals surface area contributed by atoms with E-state index in [9.17, 15) is 4.79 Å². The number of aromatic nitrogens is 2. The number of carbonyl (C=O) groups is 1. The van der Waals surface area contributed by atoms with Crippen molar-refractivity contribution in [1.82, 2.24) is 15.5 Å². The van der Waals surface area contributed by atoms with Gasteiger partial charge in [0.1, 0.15) is 18.1 Å². The minimum Gasteiger partial charge on any atom is -0.497 e. The van der Waals surface area contributed by atoms with Gasteiger partial charge < -0.3 is 19.3 Å². The molecule has 1 amide bonds. The van der Waals surface area contributed by atoms with Gasteiger partial charge in [0, 0.05) is 30.6 Å². The van der Waals surface area contributed by atoms with Gasteiger partial charge in [-0.25, -0.2) is 0 Å². The topological polar surface area (TPSA) is 86.5 Å². The van der Waals surface area contributed by atoms with Gasteiger partial charge in [-0.2, -0.15) is 0 Å². The molecular formula is C20H20ClN3O4. The number of methoxy groups -OCH3 is 1. The van der Waals surface area contributed by atoms with Crippen molar-refractivity contribution >= 4 is 17.5 Å². The highest BCUT2D eigenvalue weighted by atomic mass is 35.5. The van der Waals surface area contributed by atoms with Crippen LogP contribution in [0.1, 0.15) is 28.7 Å². The lowest BCUT2D eigenvalue weighted by Gasteiger charge is -2.12. The first-order valence-electron chi connectivity index (χ1n) is 8.67. The van der Waals surface area contributed by atoms with E-state index < -0.39 is 0 Å². The van der Waals surface area contributed by atoms with Crippen molar-refractivity contribution in [3.8, 4) is 11.5 Å². The third-order valence-corrected chi connectivity index (χ3v) is 4.24. The first kappa shape index (κ1) is 19.7. The second-order valence-corrected chi connectivity index (χ2v) is 6.61. The summed E-state index contributed by atoms with van der Waals surface area (Å²) in [6.45, 7) is 2.01. The van der Waals surface area contributed by atoms with E-state index in [4.69, 9.17) is 25.6 Å². The number of nitrogens with one attached hydrogen (secondary N) is 1. The van der Waals surface area contributed by atoms with Crippen molar-refractivity contribution in [2.75, 3.05) is 7.11 Å². The Balaban J connectivity index is 1.53. The van der Waals surface area contributed by atoms with E-state index in [1.807, 2.05) is 19.1 Å². The molecule has 0 aliphatic rings. The molecule has 0 spiro atoms. The molecule has 0 unspecified atom stereocenters. The zero-order valence-electron chi connectivity index (χ0n) is 15.5. The highest BCUT2D eigenvalue weighted by molar-refractivity contribution is 6.32. The zero-order chi connectivity index (χ0) is 19.9. The van der Waals surface area contributed by atoms with Gasteiger partial charge in [-0.15, -0.1) is 0 Å². The molecule has 0 bridgehead atoms. The van der Waals surface area contributed by atoms with Crippen molar-refractivity contribution in [3.63, 3.8) is 0 Å². The lowest BCUT2D eigenvalue weighted by atomic mass is 10.1. The monoisotopic (exact) mass is 401 g/mol. The molecule has 0 aliphatic heterocycles. The van der Waals surface area contributed by atoms with Gasteiger partial charge in [-0.05, 0) is 37.1 Å². The van der Waals surface area contributed by atoms with Crippen LogP contribution in [0.4, 0.5) is 0 Å². The Morgan fingerprint density at radius 1 is 1.32 bits per heavy atom. The molecule has 7 nitrogen and oxygen atoms in total. The van der Waals surface area contributed by atoms with Crippen LogP contribution in [-0.2, 0) is 13.0 Å². The standard InChI is InChI=1S/C20H20ClN3O4/c1-13(8-14-4-3-7-22-11-14)23-20(25)18-10-16(28-24-18)12-27-19-6-5-15(26-2)9-17(19)21/h3-7,9-11,13H,8,12H2,1-2H3,(H,23,25)/t13-/m0/s1. The quantitative estimate of drug-likeness (QED) is 0.619. The Hall–Kier alpha value is -3.06. The van der Waals surface area contributed by atoms with Crippen LogP contribution in [0.5, 0.6) is 11.5 Å². The number of hydrogen-bond acceptors (Lipinski definition) is 6. The van der Waals surface area contributed by atoms with Crippen LogP contribution >= 0.6 is 11.6 Å². The molecule has 28 heavy (non-hydrogen) atoms. The molecule has 3 aromatic rings. The second kappa shape index (κ2) is 9.23. The molecule has 1 N–H and O–H groups in total. The largest absolute Gasteiger partial charge is 0.497 e. The van der Waals surface area contributed by atoms with Gasteiger partial charge in [-0.3, -0.25) is 9.78 Å². The molecule has 0 radical (unpaired) electrons. The lowest BCUT2D eigenvalue weighted by molar-refractivity contribution is 0.0930. The number of ether oxygens (including phenoxy) is 2. The maximum atomic E-state index is 12.3. The van der Waals surface area contributed by atoms with Crippen LogP contribution in [0.15, 0.2) is 53.3 Å². The fourth-order valence-corrected chi connectivity index (χ4v) is 2.81. The van der Waals surface area contributed by atoms with Crippen LogP contribution in [0.25, 0.3) is 0 Å². The molecule has 0 aliphatic carbocycles. The predicted molar refractivity (Wildman–Crippen MR) is 104 cm³/mol. The first-order chi connectivity index (χ1) is 13.5. The maximum Gasteiger partial charge on any atom is 0.273 e. The molecule has 146 valence electrons. The summed E-state index contributed by atoms with van der Waals surface area (Å²) < 4.78 is 15.9. The Kier molecular flexibility index (Phi) is 6.49. The molecule has 0 saturated heterocycles. The summed E-state index contributed by atoms with van der Waals surface area (Å²) in [7, 11) is 1.56. The van der Waals surface area contributed by atoms with Crippen molar-refractivity contribution in [3.05, 3.63) is 70.8 Å². The summed E-state index contributed by atoms with van der Waals surface area (Å²) in [5.74, 6) is 1.22. The molecule has 1 atom stereocenters.